The van der Waals surface area contributed by atoms with Crippen molar-refractivity contribution < 1.29 is 9.90 Å². The first-order chi connectivity index (χ1) is 8.07. The summed E-state index contributed by atoms with van der Waals surface area (Å²) >= 11 is 0. The Bertz CT molecular complexity index is 399. The summed E-state index contributed by atoms with van der Waals surface area (Å²) in [6.07, 6.45) is 3.57. The molecule has 1 aromatic carbocycles. The highest BCUT2D eigenvalue weighted by molar-refractivity contribution is 5.90. The van der Waals surface area contributed by atoms with Gasteiger partial charge in [-0.2, -0.15) is 0 Å². The summed E-state index contributed by atoms with van der Waals surface area (Å²) in [4.78, 5) is 11.0. The van der Waals surface area contributed by atoms with E-state index in [9.17, 15) is 4.79 Å². The van der Waals surface area contributed by atoms with Gasteiger partial charge < -0.3 is 10.4 Å². The third-order valence-corrected chi connectivity index (χ3v) is 3.11. The minimum Gasteiger partial charge on any atom is -0.478 e. The first-order valence-corrected chi connectivity index (χ1v) is 6.15. The molecule has 0 unspecified atom stereocenters. The lowest BCUT2D eigenvalue weighted by atomic mass is 10.0. The number of benzene rings is 1. The molecule has 0 heterocycles. The molecule has 0 radical (unpaired) electrons. The summed E-state index contributed by atoms with van der Waals surface area (Å²) in [7, 11) is 0. The van der Waals surface area contributed by atoms with Gasteiger partial charge in [-0.25, -0.2) is 4.79 Å². The predicted octanol–water partition coefficient (Wildman–Crippen LogP) is 3.60. The monoisotopic (exact) mass is 235 g/mol. The highest BCUT2D eigenvalue weighted by Gasteiger charge is 2.10. The molecule has 0 aliphatic carbocycles. The van der Waals surface area contributed by atoms with Gasteiger partial charge in [-0.05, 0) is 43.5 Å². The van der Waals surface area contributed by atoms with E-state index >= 15 is 0 Å². The van der Waals surface area contributed by atoms with Gasteiger partial charge in [0.1, 0.15) is 0 Å². The van der Waals surface area contributed by atoms with Crippen molar-refractivity contribution in [2.75, 3.05) is 11.9 Å². The Balaban J connectivity index is 2.75. The zero-order valence-corrected chi connectivity index (χ0v) is 10.8. The van der Waals surface area contributed by atoms with E-state index in [2.05, 4.69) is 12.2 Å². The third kappa shape index (κ3) is 3.48. The molecule has 0 saturated carbocycles. The van der Waals surface area contributed by atoms with Crippen molar-refractivity contribution >= 4 is 11.7 Å². The first-order valence-electron chi connectivity index (χ1n) is 6.15. The van der Waals surface area contributed by atoms with Crippen LogP contribution in [0.2, 0.25) is 0 Å². The molecule has 0 bridgehead atoms. The normalized spacial score (nSPS) is 10.3. The number of carbonyl (C=O) groups is 1. The molecule has 0 aliphatic heterocycles. The van der Waals surface area contributed by atoms with Crippen LogP contribution in [-0.4, -0.2) is 17.6 Å². The quantitative estimate of drug-likeness (QED) is 0.741. The number of unbranched alkanes of at least 4 members (excludes halogenated alkanes) is 2. The molecule has 0 spiro atoms. The van der Waals surface area contributed by atoms with Crippen LogP contribution in [0.5, 0.6) is 0 Å². The Labute approximate surface area is 103 Å². The van der Waals surface area contributed by atoms with E-state index in [1.54, 1.807) is 6.07 Å². The summed E-state index contributed by atoms with van der Waals surface area (Å²) in [6, 6.07) is 3.53. The standard InChI is InChI=1S/C14H21NO2/c1-4-5-6-9-15-13-8-7-12(14(16)17)10(2)11(13)3/h7-8,15H,4-6,9H2,1-3H3,(H,16,17). The van der Waals surface area contributed by atoms with E-state index in [4.69, 9.17) is 5.11 Å². The summed E-state index contributed by atoms with van der Waals surface area (Å²) in [5.41, 5.74) is 3.31. The molecule has 2 N–H and O–H groups in total. The van der Waals surface area contributed by atoms with Gasteiger partial charge in [0.15, 0.2) is 0 Å². The van der Waals surface area contributed by atoms with Crippen LogP contribution in [0, 0.1) is 13.8 Å². The first kappa shape index (κ1) is 13.6. The van der Waals surface area contributed by atoms with Crippen LogP contribution in [0.1, 0.15) is 47.7 Å². The molecule has 0 aromatic heterocycles. The van der Waals surface area contributed by atoms with Gasteiger partial charge >= 0.3 is 5.97 Å². The van der Waals surface area contributed by atoms with Gasteiger partial charge in [0.05, 0.1) is 5.56 Å². The zero-order chi connectivity index (χ0) is 12.8. The van der Waals surface area contributed by atoms with Gasteiger partial charge in [0, 0.05) is 12.2 Å². The van der Waals surface area contributed by atoms with Crippen LogP contribution in [0.15, 0.2) is 12.1 Å². The Morgan fingerprint density at radius 2 is 1.94 bits per heavy atom. The summed E-state index contributed by atoms with van der Waals surface area (Å²) < 4.78 is 0. The second-order valence-corrected chi connectivity index (χ2v) is 4.35. The molecule has 94 valence electrons. The van der Waals surface area contributed by atoms with Crippen LogP contribution in [0.25, 0.3) is 0 Å². The molecule has 0 fully saturated rings. The van der Waals surface area contributed by atoms with Crippen molar-refractivity contribution in [3.63, 3.8) is 0 Å². The fourth-order valence-electron chi connectivity index (χ4n) is 1.84. The molecule has 0 amide bonds. The summed E-state index contributed by atoms with van der Waals surface area (Å²) in [5.74, 6) is -0.858. The number of nitrogens with one attached hydrogen (secondary N) is 1. The zero-order valence-electron chi connectivity index (χ0n) is 10.8. The van der Waals surface area contributed by atoms with Crippen LogP contribution in [0.3, 0.4) is 0 Å². The maximum Gasteiger partial charge on any atom is 0.335 e. The van der Waals surface area contributed by atoms with Crippen molar-refractivity contribution in [1.29, 1.82) is 0 Å². The van der Waals surface area contributed by atoms with Gasteiger partial charge in [-0.1, -0.05) is 19.8 Å². The van der Waals surface area contributed by atoms with E-state index in [1.165, 1.54) is 12.8 Å². The Hall–Kier alpha value is -1.51. The average molecular weight is 235 g/mol. The largest absolute Gasteiger partial charge is 0.478 e. The maximum absolute atomic E-state index is 11.0. The number of rotatable bonds is 6. The number of carboxylic acids is 1. The number of anilines is 1. The van der Waals surface area contributed by atoms with E-state index in [1.807, 2.05) is 19.9 Å². The SMILES string of the molecule is CCCCCNc1ccc(C(=O)O)c(C)c1C. The minimum atomic E-state index is -0.858. The lowest BCUT2D eigenvalue weighted by Crippen LogP contribution is -2.07. The molecule has 3 nitrogen and oxygen atoms in total. The summed E-state index contributed by atoms with van der Waals surface area (Å²) in [6.45, 7) is 6.94. The van der Waals surface area contributed by atoms with E-state index < -0.39 is 5.97 Å². The number of carboxylic acid groups (broad SMARTS) is 1. The number of aromatic carboxylic acids is 1. The van der Waals surface area contributed by atoms with E-state index in [-0.39, 0.29) is 0 Å². The average Bonchev–Trinajstić information content (AvgIpc) is 2.29. The van der Waals surface area contributed by atoms with Crippen molar-refractivity contribution in [3.8, 4) is 0 Å². The molecule has 1 rings (SSSR count). The Morgan fingerprint density at radius 1 is 1.24 bits per heavy atom. The molecule has 17 heavy (non-hydrogen) atoms. The smallest absolute Gasteiger partial charge is 0.335 e. The summed E-state index contributed by atoms with van der Waals surface area (Å²) in [5, 5.41) is 12.4. The molecule has 1 aromatic rings. The maximum atomic E-state index is 11.0. The molecule has 0 saturated heterocycles. The van der Waals surface area contributed by atoms with Gasteiger partial charge in [-0.3, -0.25) is 0 Å². The van der Waals surface area contributed by atoms with Gasteiger partial charge in [-0.15, -0.1) is 0 Å². The Kier molecular flexibility index (Phi) is 5.01. The van der Waals surface area contributed by atoms with Crippen molar-refractivity contribution in [2.45, 2.75) is 40.0 Å². The Morgan fingerprint density at radius 3 is 2.53 bits per heavy atom. The molecule has 0 aliphatic rings. The molecular weight excluding hydrogens is 214 g/mol. The predicted molar refractivity (Wildman–Crippen MR) is 70.9 cm³/mol. The van der Waals surface area contributed by atoms with Crippen molar-refractivity contribution in [3.05, 3.63) is 28.8 Å². The van der Waals surface area contributed by atoms with Crippen LogP contribution < -0.4 is 5.32 Å². The molecule has 0 atom stereocenters. The van der Waals surface area contributed by atoms with E-state index in [0.717, 1.165) is 29.8 Å². The van der Waals surface area contributed by atoms with Crippen molar-refractivity contribution in [1.82, 2.24) is 0 Å². The van der Waals surface area contributed by atoms with Gasteiger partial charge in [0.25, 0.3) is 0 Å². The van der Waals surface area contributed by atoms with Crippen LogP contribution in [-0.2, 0) is 0 Å². The molecular formula is C14H21NO2. The fraction of sp³-hybridized carbons (Fsp3) is 0.500. The lowest BCUT2D eigenvalue weighted by Gasteiger charge is -2.13. The van der Waals surface area contributed by atoms with E-state index in [0.29, 0.717) is 5.56 Å². The minimum absolute atomic E-state index is 0.390. The van der Waals surface area contributed by atoms with Gasteiger partial charge in [0.2, 0.25) is 0 Å². The lowest BCUT2D eigenvalue weighted by molar-refractivity contribution is 0.0696. The fourth-order valence-corrected chi connectivity index (χ4v) is 1.84. The third-order valence-electron chi connectivity index (χ3n) is 3.11. The second-order valence-electron chi connectivity index (χ2n) is 4.35. The molecule has 3 heteroatoms. The van der Waals surface area contributed by atoms with Crippen LogP contribution in [0.4, 0.5) is 5.69 Å². The topological polar surface area (TPSA) is 49.3 Å². The van der Waals surface area contributed by atoms with Crippen molar-refractivity contribution in [2.24, 2.45) is 0 Å². The highest BCUT2D eigenvalue weighted by Crippen LogP contribution is 2.22. The number of hydrogen-bond acceptors (Lipinski definition) is 2. The number of hydrogen-bond donors (Lipinski definition) is 2. The van der Waals surface area contributed by atoms with Crippen LogP contribution >= 0.6 is 0 Å². The highest BCUT2D eigenvalue weighted by atomic mass is 16.4. The second kappa shape index (κ2) is 6.28.